The predicted molar refractivity (Wildman–Crippen MR) is 97.2 cm³/mol. The van der Waals surface area contributed by atoms with Crippen LogP contribution in [0.1, 0.15) is 41.6 Å². The third kappa shape index (κ3) is 4.96. The summed E-state index contributed by atoms with van der Waals surface area (Å²) in [6.07, 6.45) is 0.126. The minimum atomic E-state index is -0.519. The van der Waals surface area contributed by atoms with Crippen LogP contribution in [-0.2, 0) is 6.61 Å². The Morgan fingerprint density at radius 1 is 1.09 bits per heavy atom. The Morgan fingerprint density at radius 2 is 1.65 bits per heavy atom. The van der Waals surface area contributed by atoms with Crippen LogP contribution in [0.15, 0.2) is 42.5 Å². The van der Waals surface area contributed by atoms with E-state index < -0.39 is 6.10 Å². The highest BCUT2D eigenvalue weighted by Crippen LogP contribution is 2.29. The van der Waals surface area contributed by atoms with Crippen molar-refractivity contribution in [3.8, 4) is 5.75 Å². The lowest BCUT2D eigenvalue weighted by Gasteiger charge is -2.20. The molecule has 2 aromatic rings. The maximum atomic E-state index is 9.93. The highest BCUT2D eigenvalue weighted by atomic mass is 35.5. The quantitative estimate of drug-likeness (QED) is 0.836. The van der Waals surface area contributed by atoms with E-state index in [0.29, 0.717) is 13.0 Å². The van der Waals surface area contributed by atoms with Crippen LogP contribution in [0, 0.1) is 13.8 Å². The Bertz CT molecular complexity index is 593. The van der Waals surface area contributed by atoms with Gasteiger partial charge in [-0.2, -0.15) is 0 Å². The number of nitrogens with two attached hydrogens (primary N) is 1. The van der Waals surface area contributed by atoms with Crippen molar-refractivity contribution < 1.29 is 9.84 Å². The fourth-order valence-electron chi connectivity index (χ4n) is 2.61. The van der Waals surface area contributed by atoms with Crippen LogP contribution >= 0.6 is 12.4 Å². The first-order chi connectivity index (χ1) is 10.5. The molecule has 2 rings (SSSR count). The van der Waals surface area contributed by atoms with Crippen LogP contribution in [0.5, 0.6) is 5.75 Å². The topological polar surface area (TPSA) is 55.5 Å². The van der Waals surface area contributed by atoms with Gasteiger partial charge in [-0.1, -0.05) is 49.4 Å². The van der Waals surface area contributed by atoms with Crippen molar-refractivity contribution in [1.82, 2.24) is 0 Å². The van der Waals surface area contributed by atoms with Crippen LogP contribution in [0.3, 0.4) is 0 Å². The standard InChI is InChI=1S/C19H25NO2.ClH/c1-4-17(21)18(20)16-10-13(2)19(14(3)11-16)22-12-15-8-6-5-7-9-15;/h5-11,17-18,21H,4,12,20H2,1-3H3;1H/t17-,18+;/m1./s1. The van der Waals surface area contributed by atoms with Crippen molar-refractivity contribution in [3.63, 3.8) is 0 Å². The second-order valence-corrected chi connectivity index (χ2v) is 5.76. The van der Waals surface area contributed by atoms with Crippen molar-refractivity contribution in [2.45, 2.75) is 45.9 Å². The summed E-state index contributed by atoms with van der Waals surface area (Å²) >= 11 is 0. The van der Waals surface area contributed by atoms with Gasteiger partial charge in [0.25, 0.3) is 0 Å². The van der Waals surface area contributed by atoms with E-state index >= 15 is 0 Å². The molecule has 0 saturated heterocycles. The smallest absolute Gasteiger partial charge is 0.125 e. The van der Waals surface area contributed by atoms with Crippen molar-refractivity contribution in [1.29, 1.82) is 0 Å². The molecule has 0 radical (unpaired) electrons. The fraction of sp³-hybridized carbons (Fsp3) is 0.368. The summed E-state index contributed by atoms with van der Waals surface area (Å²) in [5.74, 6) is 0.894. The zero-order valence-corrected chi connectivity index (χ0v) is 14.8. The molecule has 23 heavy (non-hydrogen) atoms. The average molecular weight is 336 g/mol. The highest BCUT2D eigenvalue weighted by molar-refractivity contribution is 5.85. The minimum absolute atomic E-state index is 0. The summed E-state index contributed by atoms with van der Waals surface area (Å²) in [6, 6.07) is 13.8. The van der Waals surface area contributed by atoms with E-state index in [4.69, 9.17) is 10.5 Å². The lowest BCUT2D eigenvalue weighted by Crippen LogP contribution is -2.25. The molecule has 2 atom stereocenters. The number of hydrogen-bond donors (Lipinski definition) is 2. The molecule has 126 valence electrons. The fourth-order valence-corrected chi connectivity index (χ4v) is 2.61. The summed E-state index contributed by atoms with van der Waals surface area (Å²) in [5, 5.41) is 9.93. The Kier molecular flexibility index (Phi) is 7.56. The van der Waals surface area contributed by atoms with Gasteiger partial charge in [-0.15, -0.1) is 12.4 Å². The van der Waals surface area contributed by atoms with Crippen LogP contribution in [0.4, 0.5) is 0 Å². The zero-order chi connectivity index (χ0) is 16.1. The molecule has 0 aliphatic heterocycles. The number of halogens is 1. The maximum absolute atomic E-state index is 9.93. The van der Waals surface area contributed by atoms with E-state index in [-0.39, 0.29) is 18.4 Å². The van der Waals surface area contributed by atoms with Gasteiger partial charge in [-0.25, -0.2) is 0 Å². The van der Waals surface area contributed by atoms with Crippen LogP contribution in [-0.4, -0.2) is 11.2 Å². The molecule has 0 spiro atoms. The summed E-state index contributed by atoms with van der Waals surface area (Å²) < 4.78 is 5.97. The number of aliphatic hydroxyl groups is 1. The van der Waals surface area contributed by atoms with Gasteiger partial charge in [-0.3, -0.25) is 0 Å². The van der Waals surface area contributed by atoms with Gasteiger partial charge in [0.2, 0.25) is 0 Å². The number of aryl methyl sites for hydroxylation is 2. The van der Waals surface area contributed by atoms with E-state index in [1.165, 1.54) is 0 Å². The molecule has 2 aromatic carbocycles. The van der Waals surface area contributed by atoms with Crippen molar-refractivity contribution in [2.75, 3.05) is 0 Å². The van der Waals surface area contributed by atoms with Gasteiger partial charge >= 0.3 is 0 Å². The first kappa shape index (κ1) is 19.5. The minimum Gasteiger partial charge on any atom is -0.488 e. The van der Waals surface area contributed by atoms with Gasteiger partial charge in [-0.05, 0) is 42.5 Å². The monoisotopic (exact) mass is 335 g/mol. The molecule has 0 aliphatic rings. The van der Waals surface area contributed by atoms with Gasteiger partial charge in [0, 0.05) is 0 Å². The number of ether oxygens (including phenoxy) is 1. The second kappa shape index (κ2) is 8.92. The molecule has 0 saturated carbocycles. The lowest BCUT2D eigenvalue weighted by molar-refractivity contribution is 0.140. The number of rotatable bonds is 6. The van der Waals surface area contributed by atoms with E-state index in [1.54, 1.807) is 0 Å². The summed E-state index contributed by atoms with van der Waals surface area (Å²) in [7, 11) is 0. The van der Waals surface area contributed by atoms with Gasteiger partial charge < -0.3 is 15.6 Å². The molecule has 0 bridgehead atoms. The largest absolute Gasteiger partial charge is 0.488 e. The van der Waals surface area contributed by atoms with Crippen LogP contribution in [0.2, 0.25) is 0 Å². The Labute approximate surface area is 144 Å². The van der Waals surface area contributed by atoms with E-state index in [9.17, 15) is 5.11 Å². The molecular weight excluding hydrogens is 310 g/mol. The summed E-state index contributed by atoms with van der Waals surface area (Å²) in [5.41, 5.74) is 10.3. The maximum Gasteiger partial charge on any atom is 0.125 e. The molecule has 0 aliphatic carbocycles. The molecule has 0 fully saturated rings. The first-order valence-electron chi connectivity index (χ1n) is 7.74. The van der Waals surface area contributed by atoms with Crippen molar-refractivity contribution >= 4 is 12.4 Å². The Hall–Kier alpha value is -1.55. The van der Waals surface area contributed by atoms with Crippen molar-refractivity contribution in [3.05, 3.63) is 64.7 Å². The number of benzene rings is 2. The SMILES string of the molecule is CC[C@@H](O)[C@@H](N)c1cc(C)c(OCc2ccccc2)c(C)c1.Cl. The predicted octanol–water partition coefficient (Wildman–Crippen LogP) is 4.07. The molecular formula is C19H26ClNO2. The number of hydrogen-bond acceptors (Lipinski definition) is 3. The molecule has 0 unspecified atom stereocenters. The molecule has 0 aromatic heterocycles. The molecule has 4 heteroatoms. The molecule has 0 heterocycles. The molecule has 3 N–H and O–H groups in total. The third-order valence-electron chi connectivity index (χ3n) is 3.93. The lowest BCUT2D eigenvalue weighted by atomic mass is 9.96. The first-order valence-corrected chi connectivity index (χ1v) is 7.74. The number of aliphatic hydroxyl groups excluding tert-OH is 1. The van der Waals surface area contributed by atoms with E-state index in [0.717, 1.165) is 28.0 Å². The van der Waals surface area contributed by atoms with Crippen molar-refractivity contribution in [2.24, 2.45) is 5.73 Å². The second-order valence-electron chi connectivity index (χ2n) is 5.76. The third-order valence-corrected chi connectivity index (χ3v) is 3.93. The van der Waals surface area contributed by atoms with Gasteiger partial charge in [0.1, 0.15) is 12.4 Å². The Balaban J connectivity index is 0.00000264. The van der Waals surface area contributed by atoms with Gasteiger partial charge in [0.15, 0.2) is 0 Å². The summed E-state index contributed by atoms with van der Waals surface area (Å²) in [6.45, 7) is 6.51. The normalized spacial score (nSPS) is 13.1. The van der Waals surface area contributed by atoms with E-state index in [2.05, 4.69) is 0 Å². The van der Waals surface area contributed by atoms with E-state index in [1.807, 2.05) is 63.2 Å². The van der Waals surface area contributed by atoms with Crippen LogP contribution < -0.4 is 10.5 Å². The Morgan fingerprint density at radius 3 is 2.17 bits per heavy atom. The summed E-state index contributed by atoms with van der Waals surface area (Å²) in [4.78, 5) is 0. The zero-order valence-electron chi connectivity index (χ0n) is 14.0. The highest BCUT2D eigenvalue weighted by Gasteiger charge is 2.17. The average Bonchev–Trinajstić information content (AvgIpc) is 2.53. The molecule has 3 nitrogen and oxygen atoms in total. The molecule has 0 amide bonds. The van der Waals surface area contributed by atoms with Gasteiger partial charge in [0.05, 0.1) is 12.1 Å². The van der Waals surface area contributed by atoms with Crippen LogP contribution in [0.25, 0.3) is 0 Å².